The minimum atomic E-state index is -1.14. The van der Waals surface area contributed by atoms with Crippen molar-refractivity contribution in [3.8, 4) is 0 Å². The molecule has 3 rings (SSSR count). The van der Waals surface area contributed by atoms with Crippen molar-refractivity contribution in [2.75, 3.05) is 26.2 Å². The molecule has 112 valence electrons. The van der Waals surface area contributed by atoms with Gasteiger partial charge in [0.1, 0.15) is 5.82 Å². The molecule has 1 aliphatic heterocycles. The summed E-state index contributed by atoms with van der Waals surface area (Å²) in [5.74, 6) is -2.85. The minimum Gasteiger partial charge on any atom is -0.314 e. The number of halogens is 3. The molecule has 1 saturated heterocycles. The highest BCUT2D eigenvalue weighted by Gasteiger charge is 2.28. The average molecular weight is 312 g/mol. The minimum absolute atomic E-state index is 0.0665. The zero-order valence-electron chi connectivity index (χ0n) is 11.3. The molecule has 1 N–H and O–H groups in total. The fourth-order valence-corrected chi connectivity index (χ4v) is 3.57. The molecule has 1 aromatic heterocycles. The summed E-state index contributed by atoms with van der Waals surface area (Å²) >= 11 is 1.47. The van der Waals surface area contributed by atoms with Crippen LogP contribution in [-0.4, -0.2) is 31.1 Å². The molecule has 0 saturated carbocycles. The molecule has 21 heavy (non-hydrogen) atoms. The van der Waals surface area contributed by atoms with Crippen molar-refractivity contribution < 1.29 is 13.2 Å². The monoisotopic (exact) mass is 312 g/mol. The second kappa shape index (κ2) is 6.17. The van der Waals surface area contributed by atoms with Crippen LogP contribution in [0, 0.1) is 17.5 Å². The molecule has 2 heterocycles. The highest BCUT2D eigenvalue weighted by Crippen LogP contribution is 2.34. The van der Waals surface area contributed by atoms with Gasteiger partial charge in [-0.25, -0.2) is 13.2 Å². The number of hydrogen-bond donors (Lipinski definition) is 1. The van der Waals surface area contributed by atoms with Crippen LogP contribution in [0.2, 0.25) is 0 Å². The molecule has 0 radical (unpaired) electrons. The summed E-state index contributed by atoms with van der Waals surface area (Å²) < 4.78 is 41.3. The van der Waals surface area contributed by atoms with Crippen molar-refractivity contribution in [1.82, 2.24) is 10.2 Å². The molecule has 0 spiro atoms. The van der Waals surface area contributed by atoms with E-state index in [4.69, 9.17) is 0 Å². The summed E-state index contributed by atoms with van der Waals surface area (Å²) in [6, 6.07) is 4.98. The Hall–Kier alpha value is -1.37. The lowest BCUT2D eigenvalue weighted by Gasteiger charge is -2.34. The summed E-state index contributed by atoms with van der Waals surface area (Å²) in [5.41, 5.74) is 0.0665. The van der Waals surface area contributed by atoms with Crippen LogP contribution in [0.15, 0.2) is 29.6 Å². The Morgan fingerprint density at radius 3 is 2.57 bits per heavy atom. The van der Waals surface area contributed by atoms with E-state index in [9.17, 15) is 13.2 Å². The number of hydrogen-bond acceptors (Lipinski definition) is 3. The number of rotatable bonds is 3. The molecule has 6 heteroatoms. The third-order valence-electron chi connectivity index (χ3n) is 3.65. The first-order valence-corrected chi connectivity index (χ1v) is 7.67. The molecule has 0 bridgehead atoms. The Kier molecular flexibility index (Phi) is 4.28. The molecule has 0 aliphatic carbocycles. The van der Waals surface area contributed by atoms with Crippen molar-refractivity contribution in [3.63, 3.8) is 0 Å². The lowest BCUT2D eigenvalue weighted by molar-refractivity contribution is 0.196. The molecule has 2 aromatic rings. The largest absolute Gasteiger partial charge is 0.314 e. The first kappa shape index (κ1) is 14.6. The van der Waals surface area contributed by atoms with Gasteiger partial charge in [-0.2, -0.15) is 0 Å². The van der Waals surface area contributed by atoms with Gasteiger partial charge in [0.15, 0.2) is 11.6 Å². The predicted molar refractivity (Wildman–Crippen MR) is 76.9 cm³/mol. The van der Waals surface area contributed by atoms with Crippen molar-refractivity contribution in [2.24, 2.45) is 0 Å². The van der Waals surface area contributed by atoms with E-state index in [-0.39, 0.29) is 5.56 Å². The van der Waals surface area contributed by atoms with Crippen molar-refractivity contribution >= 4 is 11.3 Å². The Balaban J connectivity index is 2.07. The highest BCUT2D eigenvalue weighted by molar-refractivity contribution is 7.10. The van der Waals surface area contributed by atoms with Crippen molar-refractivity contribution in [1.29, 1.82) is 0 Å². The van der Waals surface area contributed by atoms with Gasteiger partial charge in [0, 0.05) is 42.7 Å². The van der Waals surface area contributed by atoms with Gasteiger partial charge in [-0.15, -0.1) is 11.3 Å². The molecule has 1 atom stereocenters. The molecule has 1 aliphatic rings. The summed E-state index contributed by atoms with van der Waals surface area (Å²) in [5, 5.41) is 5.11. The Bertz CT molecular complexity index is 610. The molecule has 1 aromatic carbocycles. The van der Waals surface area contributed by atoms with Crippen LogP contribution < -0.4 is 5.32 Å². The van der Waals surface area contributed by atoms with Gasteiger partial charge in [0.25, 0.3) is 0 Å². The highest BCUT2D eigenvalue weighted by atomic mass is 32.1. The Labute approximate surface area is 125 Å². The number of thiophene rings is 1. The van der Waals surface area contributed by atoms with Crippen LogP contribution in [-0.2, 0) is 0 Å². The van der Waals surface area contributed by atoms with Crippen LogP contribution in [0.25, 0.3) is 0 Å². The number of nitrogens with one attached hydrogen (secondary N) is 1. The number of piperazine rings is 1. The van der Waals surface area contributed by atoms with Crippen LogP contribution in [0.1, 0.15) is 16.5 Å². The van der Waals surface area contributed by atoms with E-state index in [1.54, 1.807) is 0 Å². The maximum atomic E-state index is 14.2. The van der Waals surface area contributed by atoms with Gasteiger partial charge in [-0.05, 0) is 17.5 Å². The zero-order valence-corrected chi connectivity index (χ0v) is 12.1. The van der Waals surface area contributed by atoms with Gasteiger partial charge >= 0.3 is 0 Å². The third-order valence-corrected chi connectivity index (χ3v) is 4.57. The number of nitrogens with zero attached hydrogens (tertiary/aromatic N) is 1. The van der Waals surface area contributed by atoms with Gasteiger partial charge in [-0.1, -0.05) is 6.07 Å². The van der Waals surface area contributed by atoms with Gasteiger partial charge in [0.2, 0.25) is 0 Å². The van der Waals surface area contributed by atoms with Gasteiger partial charge in [-0.3, -0.25) is 4.90 Å². The smallest absolute Gasteiger partial charge is 0.164 e. The lowest BCUT2D eigenvalue weighted by atomic mass is 10.0. The van der Waals surface area contributed by atoms with E-state index in [0.717, 1.165) is 24.0 Å². The maximum absolute atomic E-state index is 14.2. The summed E-state index contributed by atoms with van der Waals surface area (Å²) in [4.78, 5) is 2.94. The predicted octanol–water partition coefficient (Wildman–Crippen LogP) is 3.16. The standard InChI is InChI=1S/C15H15F3N2S/c16-10-8-11(14(18)12(17)9-10)15(13-2-1-7-21-13)20-5-3-19-4-6-20/h1-2,7-9,15,19H,3-6H2/t15-/m1/s1. The van der Waals surface area contributed by atoms with E-state index in [0.29, 0.717) is 19.2 Å². The zero-order chi connectivity index (χ0) is 14.8. The molecule has 0 unspecified atom stereocenters. The topological polar surface area (TPSA) is 15.3 Å². The molecular weight excluding hydrogens is 297 g/mol. The van der Waals surface area contributed by atoms with E-state index < -0.39 is 23.5 Å². The lowest BCUT2D eigenvalue weighted by Crippen LogP contribution is -2.45. The van der Waals surface area contributed by atoms with Crippen LogP contribution in [0.4, 0.5) is 13.2 Å². The van der Waals surface area contributed by atoms with E-state index in [1.807, 2.05) is 17.5 Å². The van der Waals surface area contributed by atoms with Gasteiger partial charge in [0.05, 0.1) is 6.04 Å². The fraction of sp³-hybridized carbons (Fsp3) is 0.333. The SMILES string of the molecule is Fc1cc(F)c(F)c([C@H](c2cccs2)N2CCNCC2)c1. The van der Waals surface area contributed by atoms with Crippen LogP contribution in [0.3, 0.4) is 0 Å². The van der Waals surface area contributed by atoms with Crippen LogP contribution >= 0.6 is 11.3 Å². The third kappa shape index (κ3) is 2.97. The maximum Gasteiger partial charge on any atom is 0.164 e. The molecule has 2 nitrogen and oxygen atoms in total. The Morgan fingerprint density at radius 1 is 1.14 bits per heavy atom. The summed E-state index contributed by atoms with van der Waals surface area (Å²) in [7, 11) is 0. The summed E-state index contributed by atoms with van der Waals surface area (Å²) in [6.45, 7) is 2.98. The first-order valence-electron chi connectivity index (χ1n) is 6.79. The molecule has 0 amide bonds. The van der Waals surface area contributed by atoms with E-state index in [2.05, 4.69) is 10.2 Å². The van der Waals surface area contributed by atoms with E-state index in [1.165, 1.54) is 11.3 Å². The van der Waals surface area contributed by atoms with Crippen molar-refractivity contribution in [2.45, 2.75) is 6.04 Å². The van der Waals surface area contributed by atoms with E-state index >= 15 is 0 Å². The second-order valence-electron chi connectivity index (χ2n) is 4.99. The molecular formula is C15H15F3N2S. The Morgan fingerprint density at radius 2 is 1.90 bits per heavy atom. The summed E-state index contributed by atoms with van der Waals surface area (Å²) in [6.07, 6.45) is 0. The first-order chi connectivity index (χ1) is 10.2. The average Bonchev–Trinajstić information content (AvgIpc) is 2.99. The fourth-order valence-electron chi connectivity index (χ4n) is 2.69. The van der Waals surface area contributed by atoms with Gasteiger partial charge < -0.3 is 5.32 Å². The quantitative estimate of drug-likeness (QED) is 0.876. The normalized spacial score (nSPS) is 17.9. The number of benzene rings is 1. The van der Waals surface area contributed by atoms with Crippen molar-refractivity contribution in [3.05, 3.63) is 57.5 Å². The van der Waals surface area contributed by atoms with Crippen LogP contribution in [0.5, 0.6) is 0 Å². The molecule has 1 fully saturated rings. The second-order valence-corrected chi connectivity index (χ2v) is 5.97.